The smallest absolute Gasteiger partial charge is 0.343 e. The standard InChI is InChI=1S/C29H35N3O6/c1-8-37-17(3)27(34)32-15-19(14-30-32)21-10-18-11-26(29(4,5)6)31-16-22(28(35)38-9-2)24(33)13-23(31)20(18)12-25(21)36-7/h10,12-17,26H,8-9,11H2,1-7H3. The summed E-state index contributed by atoms with van der Waals surface area (Å²) in [6.45, 7) is 12.3. The van der Waals surface area contributed by atoms with E-state index in [9.17, 15) is 14.4 Å². The Balaban J connectivity index is 1.85. The fourth-order valence-electron chi connectivity index (χ4n) is 4.93. The van der Waals surface area contributed by atoms with Crippen LogP contribution in [-0.4, -0.2) is 52.7 Å². The van der Waals surface area contributed by atoms with Crippen molar-refractivity contribution in [2.24, 2.45) is 5.41 Å². The number of fused-ring (bicyclic) bond motifs is 3. The Labute approximate surface area is 222 Å². The highest BCUT2D eigenvalue weighted by Gasteiger charge is 2.34. The highest BCUT2D eigenvalue weighted by molar-refractivity contribution is 5.90. The van der Waals surface area contributed by atoms with Gasteiger partial charge in [-0.05, 0) is 50.3 Å². The van der Waals surface area contributed by atoms with Crippen molar-refractivity contribution in [2.75, 3.05) is 20.3 Å². The third kappa shape index (κ3) is 5.03. The van der Waals surface area contributed by atoms with E-state index in [1.54, 1.807) is 39.5 Å². The number of hydrogen-bond donors (Lipinski definition) is 0. The van der Waals surface area contributed by atoms with Gasteiger partial charge < -0.3 is 18.8 Å². The van der Waals surface area contributed by atoms with Crippen molar-refractivity contribution < 1.29 is 23.8 Å². The van der Waals surface area contributed by atoms with E-state index in [0.29, 0.717) is 24.5 Å². The minimum absolute atomic E-state index is 0.0234. The van der Waals surface area contributed by atoms with Crippen molar-refractivity contribution in [3.63, 3.8) is 0 Å². The second-order valence-electron chi connectivity index (χ2n) is 10.5. The maximum absolute atomic E-state index is 13.0. The summed E-state index contributed by atoms with van der Waals surface area (Å²) in [5.74, 6) is -0.297. The van der Waals surface area contributed by atoms with Crippen molar-refractivity contribution in [3.05, 3.63) is 58.1 Å². The van der Waals surface area contributed by atoms with Crippen LogP contribution in [-0.2, 0) is 15.9 Å². The molecule has 2 unspecified atom stereocenters. The molecule has 3 aromatic rings. The summed E-state index contributed by atoms with van der Waals surface area (Å²) < 4.78 is 19.6. The predicted octanol–water partition coefficient (Wildman–Crippen LogP) is 4.77. The number of pyridine rings is 1. The van der Waals surface area contributed by atoms with Gasteiger partial charge in [0.05, 0.1) is 25.6 Å². The van der Waals surface area contributed by atoms with Crippen LogP contribution >= 0.6 is 0 Å². The summed E-state index contributed by atoms with van der Waals surface area (Å²) >= 11 is 0. The molecule has 2 atom stereocenters. The van der Waals surface area contributed by atoms with Gasteiger partial charge in [-0.2, -0.15) is 5.10 Å². The number of ether oxygens (including phenoxy) is 3. The van der Waals surface area contributed by atoms with Gasteiger partial charge in [0.2, 0.25) is 0 Å². The highest BCUT2D eigenvalue weighted by atomic mass is 16.5. The fourth-order valence-corrected chi connectivity index (χ4v) is 4.93. The van der Waals surface area contributed by atoms with Gasteiger partial charge in [0, 0.05) is 47.8 Å². The second-order valence-corrected chi connectivity index (χ2v) is 10.5. The first kappa shape index (κ1) is 27.3. The molecule has 202 valence electrons. The van der Waals surface area contributed by atoms with E-state index < -0.39 is 12.1 Å². The Hall–Kier alpha value is -3.72. The average molecular weight is 522 g/mol. The van der Waals surface area contributed by atoms with E-state index in [1.165, 1.54) is 10.7 Å². The van der Waals surface area contributed by atoms with E-state index in [-0.39, 0.29) is 35.0 Å². The predicted molar refractivity (Wildman–Crippen MR) is 144 cm³/mol. The minimum atomic E-state index is -0.621. The van der Waals surface area contributed by atoms with E-state index in [2.05, 4.69) is 25.9 Å². The van der Waals surface area contributed by atoms with Gasteiger partial charge in [-0.1, -0.05) is 20.8 Å². The van der Waals surface area contributed by atoms with Crippen LogP contribution < -0.4 is 10.2 Å². The number of rotatable bonds is 7. The third-order valence-corrected chi connectivity index (χ3v) is 6.91. The summed E-state index contributed by atoms with van der Waals surface area (Å²) in [7, 11) is 1.58. The number of esters is 1. The SMILES string of the molecule is CCOC(=O)c1cn2c(cc1=O)-c1cc(OC)c(-c3cnn(C(=O)C(C)OCC)c3)cc1CC2C(C)(C)C. The zero-order chi connectivity index (χ0) is 27.8. The summed E-state index contributed by atoms with van der Waals surface area (Å²) in [5.41, 5.74) is 3.58. The molecule has 0 N–H and O–H groups in total. The Morgan fingerprint density at radius 2 is 1.84 bits per heavy atom. The van der Waals surface area contributed by atoms with Gasteiger partial charge in [0.15, 0.2) is 5.43 Å². The molecule has 0 fully saturated rings. The molecule has 1 aliphatic heterocycles. The first-order chi connectivity index (χ1) is 18.0. The van der Waals surface area contributed by atoms with Crippen LogP contribution in [0.5, 0.6) is 5.75 Å². The lowest BCUT2D eigenvalue weighted by Gasteiger charge is -2.39. The molecule has 4 rings (SSSR count). The molecule has 9 nitrogen and oxygen atoms in total. The van der Waals surface area contributed by atoms with Crippen molar-refractivity contribution in [1.29, 1.82) is 0 Å². The highest BCUT2D eigenvalue weighted by Crippen LogP contribution is 2.45. The minimum Gasteiger partial charge on any atom is -0.496 e. The average Bonchev–Trinajstić information content (AvgIpc) is 3.36. The van der Waals surface area contributed by atoms with Crippen molar-refractivity contribution >= 4 is 11.9 Å². The fraction of sp³-hybridized carbons (Fsp3) is 0.448. The molecule has 0 saturated carbocycles. The first-order valence-corrected chi connectivity index (χ1v) is 12.9. The van der Waals surface area contributed by atoms with Crippen molar-refractivity contribution in [2.45, 2.75) is 60.1 Å². The molecule has 1 aliphatic rings. The van der Waals surface area contributed by atoms with Crippen LogP contribution in [0.15, 0.2) is 41.6 Å². The summed E-state index contributed by atoms with van der Waals surface area (Å²) in [6, 6.07) is 5.42. The maximum Gasteiger partial charge on any atom is 0.343 e. The van der Waals surface area contributed by atoms with Gasteiger partial charge in [-0.3, -0.25) is 9.59 Å². The maximum atomic E-state index is 13.0. The molecular formula is C29H35N3O6. The van der Waals surface area contributed by atoms with E-state index >= 15 is 0 Å². The number of hydrogen-bond acceptors (Lipinski definition) is 7. The largest absolute Gasteiger partial charge is 0.496 e. The first-order valence-electron chi connectivity index (χ1n) is 12.9. The van der Waals surface area contributed by atoms with Gasteiger partial charge in [-0.25, -0.2) is 9.48 Å². The molecule has 0 amide bonds. The molecule has 1 aromatic carbocycles. The van der Waals surface area contributed by atoms with E-state index in [0.717, 1.165) is 22.3 Å². The van der Waals surface area contributed by atoms with Gasteiger partial charge in [0.1, 0.15) is 17.4 Å². The van der Waals surface area contributed by atoms with Crippen molar-refractivity contribution in [3.8, 4) is 28.1 Å². The summed E-state index contributed by atoms with van der Waals surface area (Å²) in [6.07, 6.45) is 5.00. The summed E-state index contributed by atoms with van der Waals surface area (Å²) in [4.78, 5) is 38.2. The van der Waals surface area contributed by atoms with E-state index in [4.69, 9.17) is 14.2 Å². The number of aromatic nitrogens is 3. The number of carbonyl (C=O) groups excluding carboxylic acids is 2. The van der Waals surface area contributed by atoms with Crippen molar-refractivity contribution in [1.82, 2.24) is 14.3 Å². The Morgan fingerprint density at radius 1 is 1.11 bits per heavy atom. The molecule has 2 aromatic heterocycles. The molecule has 0 saturated heterocycles. The Kier molecular flexibility index (Phi) is 7.60. The monoisotopic (exact) mass is 521 g/mol. The number of carbonyl (C=O) groups is 2. The lowest BCUT2D eigenvalue weighted by atomic mass is 9.78. The van der Waals surface area contributed by atoms with Crippen LogP contribution in [0.1, 0.15) is 68.3 Å². The third-order valence-electron chi connectivity index (χ3n) is 6.91. The molecular weight excluding hydrogens is 486 g/mol. The number of nitrogens with zero attached hydrogens (tertiary/aromatic N) is 3. The van der Waals surface area contributed by atoms with Gasteiger partial charge in [0.25, 0.3) is 5.91 Å². The molecule has 38 heavy (non-hydrogen) atoms. The van der Waals surface area contributed by atoms with E-state index in [1.807, 2.05) is 23.6 Å². The molecule has 0 radical (unpaired) electrons. The molecule has 3 heterocycles. The van der Waals surface area contributed by atoms with Crippen LogP contribution in [0, 0.1) is 5.41 Å². The molecule has 0 aliphatic carbocycles. The van der Waals surface area contributed by atoms with Crippen LogP contribution in [0.4, 0.5) is 0 Å². The molecule has 0 bridgehead atoms. The number of benzene rings is 1. The van der Waals surface area contributed by atoms with Gasteiger partial charge in [-0.15, -0.1) is 0 Å². The van der Waals surface area contributed by atoms with Crippen LogP contribution in [0.25, 0.3) is 22.4 Å². The topological polar surface area (TPSA) is 102 Å². The molecule has 0 spiro atoms. The van der Waals surface area contributed by atoms with Gasteiger partial charge >= 0.3 is 5.97 Å². The quantitative estimate of drug-likeness (QED) is 0.413. The van der Waals surface area contributed by atoms with Crippen LogP contribution in [0.3, 0.4) is 0 Å². The zero-order valence-corrected chi connectivity index (χ0v) is 23.0. The number of methoxy groups -OCH3 is 1. The lowest BCUT2D eigenvalue weighted by molar-refractivity contribution is 0.0422. The van der Waals surface area contributed by atoms with Crippen LogP contribution in [0.2, 0.25) is 0 Å². The second kappa shape index (κ2) is 10.6. The zero-order valence-electron chi connectivity index (χ0n) is 23.0. The normalized spacial score (nSPS) is 15.4. The lowest BCUT2D eigenvalue weighted by Crippen LogP contribution is -2.33. The Bertz CT molecular complexity index is 1430. The Morgan fingerprint density at radius 3 is 2.47 bits per heavy atom. The summed E-state index contributed by atoms with van der Waals surface area (Å²) in [5, 5.41) is 4.27. The molecule has 9 heteroatoms.